The van der Waals surface area contributed by atoms with E-state index in [0.717, 1.165) is 26.2 Å². The molecule has 4 N–H and O–H groups in total. The standard InChI is InChI=1S/C25H37ClN4O5/c1-2-34-23-12-21(27)20(26)11-18(23)25(33)28-13-17-14-30(9-10-35-17)22(3-4-24(31)32)19-15-29-7-5-16(19)6-8-29/h11-12,16-17,19,22H,2-10,13-15,27H2,1H3,(H,28,33)(H,31,32)/t17-,19-,22?/m0/s1. The van der Waals surface area contributed by atoms with Gasteiger partial charge in [-0.25, -0.2) is 0 Å². The number of hydrogen-bond donors (Lipinski definition) is 3. The Bertz CT molecular complexity index is 908. The van der Waals surface area contributed by atoms with E-state index in [1.165, 1.54) is 18.9 Å². The fourth-order valence-electron chi connectivity index (χ4n) is 5.88. The molecule has 4 fully saturated rings. The zero-order valence-corrected chi connectivity index (χ0v) is 21.1. The van der Waals surface area contributed by atoms with E-state index < -0.39 is 5.97 Å². The van der Waals surface area contributed by atoms with Crippen molar-refractivity contribution in [1.29, 1.82) is 0 Å². The number of nitrogens with two attached hydrogens (primary N) is 1. The number of benzene rings is 1. The van der Waals surface area contributed by atoms with Crippen molar-refractivity contribution < 1.29 is 24.2 Å². The number of nitrogens with zero attached hydrogens (tertiary/aromatic N) is 2. The highest BCUT2D eigenvalue weighted by molar-refractivity contribution is 6.33. The number of carbonyl (C=O) groups excluding carboxylic acids is 1. The van der Waals surface area contributed by atoms with Crippen molar-refractivity contribution in [3.63, 3.8) is 0 Å². The molecule has 194 valence electrons. The molecule has 9 nitrogen and oxygen atoms in total. The van der Waals surface area contributed by atoms with Crippen LogP contribution in [0, 0.1) is 11.8 Å². The molecule has 35 heavy (non-hydrogen) atoms. The fourth-order valence-corrected chi connectivity index (χ4v) is 6.04. The number of rotatable bonds is 10. The molecule has 0 saturated carbocycles. The molecule has 4 saturated heterocycles. The minimum absolute atomic E-state index is 0.171. The van der Waals surface area contributed by atoms with Gasteiger partial charge in [-0.1, -0.05) is 11.6 Å². The van der Waals surface area contributed by atoms with E-state index in [2.05, 4.69) is 15.1 Å². The highest BCUT2D eigenvalue weighted by Crippen LogP contribution is 2.38. The van der Waals surface area contributed by atoms with Crippen molar-refractivity contribution in [1.82, 2.24) is 15.1 Å². The summed E-state index contributed by atoms with van der Waals surface area (Å²) in [5.74, 6) is 0.494. The number of nitrogens with one attached hydrogen (secondary N) is 1. The van der Waals surface area contributed by atoms with Crippen molar-refractivity contribution in [2.24, 2.45) is 11.8 Å². The third kappa shape index (κ3) is 6.39. The van der Waals surface area contributed by atoms with Gasteiger partial charge in [-0.05, 0) is 57.2 Å². The summed E-state index contributed by atoms with van der Waals surface area (Å²) in [6.07, 6.45) is 3.03. The largest absolute Gasteiger partial charge is 0.493 e. The summed E-state index contributed by atoms with van der Waals surface area (Å²) < 4.78 is 11.6. The first-order chi connectivity index (χ1) is 16.9. The summed E-state index contributed by atoms with van der Waals surface area (Å²) >= 11 is 6.15. The molecule has 3 atom stereocenters. The number of carboxylic acids is 1. The van der Waals surface area contributed by atoms with E-state index in [-0.39, 0.29) is 24.5 Å². The number of anilines is 1. The Balaban J connectivity index is 1.40. The average Bonchev–Trinajstić information content (AvgIpc) is 2.86. The van der Waals surface area contributed by atoms with E-state index >= 15 is 0 Å². The summed E-state index contributed by atoms with van der Waals surface area (Å²) in [5, 5.41) is 12.6. The maximum atomic E-state index is 12.9. The molecule has 0 aliphatic carbocycles. The van der Waals surface area contributed by atoms with Crippen LogP contribution < -0.4 is 15.8 Å². The van der Waals surface area contributed by atoms with E-state index in [0.29, 0.717) is 66.6 Å². The highest BCUT2D eigenvalue weighted by Gasteiger charge is 2.41. The smallest absolute Gasteiger partial charge is 0.303 e. The van der Waals surface area contributed by atoms with Crippen molar-refractivity contribution >= 4 is 29.2 Å². The zero-order chi connectivity index (χ0) is 24.9. The second kappa shape index (κ2) is 11.8. The van der Waals surface area contributed by atoms with Crippen LogP contribution in [0.4, 0.5) is 5.69 Å². The van der Waals surface area contributed by atoms with Gasteiger partial charge < -0.3 is 30.5 Å². The number of fused-ring (bicyclic) bond motifs is 3. The lowest BCUT2D eigenvalue weighted by Crippen LogP contribution is -2.59. The Morgan fingerprint density at radius 3 is 2.71 bits per heavy atom. The van der Waals surface area contributed by atoms with Crippen LogP contribution in [0.5, 0.6) is 5.75 Å². The van der Waals surface area contributed by atoms with Gasteiger partial charge in [0.05, 0.1) is 35.6 Å². The van der Waals surface area contributed by atoms with Crippen molar-refractivity contribution in [3.05, 3.63) is 22.7 Å². The average molecular weight is 509 g/mol. The third-order valence-corrected chi connectivity index (χ3v) is 7.96. The Kier molecular flexibility index (Phi) is 8.75. The maximum absolute atomic E-state index is 12.9. The van der Waals surface area contributed by atoms with Crippen LogP contribution in [0.15, 0.2) is 12.1 Å². The molecule has 0 spiro atoms. The van der Waals surface area contributed by atoms with Crippen LogP contribution in [-0.4, -0.2) is 91.4 Å². The predicted molar refractivity (Wildman–Crippen MR) is 134 cm³/mol. The Hall–Kier alpha value is -2.07. The predicted octanol–water partition coefficient (Wildman–Crippen LogP) is 2.33. The summed E-state index contributed by atoms with van der Waals surface area (Å²) in [5.41, 5.74) is 6.57. The number of aliphatic carboxylic acids is 1. The van der Waals surface area contributed by atoms with Gasteiger partial charge in [-0.3, -0.25) is 14.5 Å². The van der Waals surface area contributed by atoms with Gasteiger partial charge >= 0.3 is 5.97 Å². The molecule has 1 unspecified atom stereocenters. The molecule has 4 aliphatic heterocycles. The Labute approximate surface area is 211 Å². The number of morpholine rings is 1. The second-order valence-electron chi connectivity index (χ2n) is 9.80. The summed E-state index contributed by atoms with van der Waals surface area (Å²) in [7, 11) is 0. The van der Waals surface area contributed by atoms with Crippen molar-refractivity contribution in [3.8, 4) is 5.75 Å². The van der Waals surface area contributed by atoms with Crippen LogP contribution in [0.1, 0.15) is 43.0 Å². The lowest BCUT2D eigenvalue weighted by Gasteiger charge is -2.51. The van der Waals surface area contributed by atoms with Gasteiger partial charge in [-0.2, -0.15) is 0 Å². The Morgan fingerprint density at radius 1 is 1.29 bits per heavy atom. The molecule has 2 bridgehead atoms. The number of ether oxygens (including phenoxy) is 2. The van der Waals surface area contributed by atoms with Gasteiger partial charge in [0.2, 0.25) is 0 Å². The fraction of sp³-hybridized carbons (Fsp3) is 0.680. The molecule has 1 amide bonds. The minimum atomic E-state index is -0.749. The number of hydrogen-bond acceptors (Lipinski definition) is 7. The lowest BCUT2D eigenvalue weighted by molar-refractivity contribution is -0.138. The normalized spacial score (nSPS) is 27.4. The zero-order valence-electron chi connectivity index (χ0n) is 20.4. The first-order valence-corrected chi connectivity index (χ1v) is 13.0. The van der Waals surface area contributed by atoms with Crippen molar-refractivity contribution in [2.45, 2.75) is 44.8 Å². The number of halogens is 1. The van der Waals surface area contributed by atoms with E-state index in [1.807, 2.05) is 6.92 Å². The topological polar surface area (TPSA) is 117 Å². The first-order valence-electron chi connectivity index (χ1n) is 12.7. The van der Waals surface area contributed by atoms with Gasteiger partial charge in [0.15, 0.2) is 0 Å². The first kappa shape index (κ1) is 26.0. The third-order valence-electron chi connectivity index (χ3n) is 7.63. The van der Waals surface area contributed by atoms with E-state index in [1.54, 1.807) is 6.07 Å². The van der Waals surface area contributed by atoms with E-state index in [4.69, 9.17) is 26.8 Å². The molecule has 5 rings (SSSR count). The molecule has 1 aromatic rings. The molecule has 0 aromatic heterocycles. The number of carbonyl (C=O) groups is 2. The molecule has 4 heterocycles. The molecule has 0 radical (unpaired) electrons. The van der Waals surface area contributed by atoms with Gasteiger partial charge in [0.1, 0.15) is 5.75 Å². The van der Waals surface area contributed by atoms with E-state index in [9.17, 15) is 14.7 Å². The quantitative estimate of drug-likeness (QED) is 0.412. The molecule has 10 heteroatoms. The van der Waals surface area contributed by atoms with Crippen molar-refractivity contribution in [2.75, 3.05) is 58.2 Å². The minimum Gasteiger partial charge on any atom is -0.493 e. The molecule has 1 aromatic carbocycles. The van der Waals surface area contributed by atoms with Gasteiger partial charge in [-0.15, -0.1) is 0 Å². The number of nitrogen functional groups attached to an aromatic ring is 1. The van der Waals surface area contributed by atoms with Crippen LogP contribution in [0.2, 0.25) is 5.02 Å². The number of amides is 1. The van der Waals surface area contributed by atoms with Crippen LogP contribution >= 0.6 is 11.6 Å². The van der Waals surface area contributed by atoms with Crippen LogP contribution in [0.25, 0.3) is 0 Å². The summed E-state index contributed by atoms with van der Waals surface area (Å²) in [6.45, 7) is 7.94. The molecular weight excluding hydrogens is 472 g/mol. The number of piperidine rings is 3. The number of carboxylic acid groups (broad SMARTS) is 1. The van der Waals surface area contributed by atoms with Crippen LogP contribution in [0.3, 0.4) is 0 Å². The lowest BCUT2D eigenvalue weighted by atomic mass is 9.73. The molecular formula is C25H37ClN4O5. The Morgan fingerprint density at radius 2 is 2.06 bits per heavy atom. The van der Waals surface area contributed by atoms with Gasteiger partial charge in [0.25, 0.3) is 5.91 Å². The monoisotopic (exact) mass is 508 g/mol. The maximum Gasteiger partial charge on any atom is 0.303 e. The van der Waals surface area contributed by atoms with Crippen LogP contribution in [-0.2, 0) is 9.53 Å². The summed E-state index contributed by atoms with van der Waals surface area (Å²) in [4.78, 5) is 29.3. The second-order valence-corrected chi connectivity index (χ2v) is 10.2. The SMILES string of the molecule is CCOc1cc(N)c(Cl)cc1C(=O)NC[C@H]1CN(C(CCC(=O)O)[C@H]2CN3CCC2CC3)CCO1. The van der Waals surface area contributed by atoms with Gasteiger partial charge in [0, 0.05) is 44.7 Å². The highest BCUT2D eigenvalue weighted by atomic mass is 35.5. The summed E-state index contributed by atoms with van der Waals surface area (Å²) in [6, 6.07) is 3.31. The molecule has 4 aliphatic rings.